The maximum absolute atomic E-state index is 6.06. The monoisotopic (exact) mass is 407 g/mol. The summed E-state index contributed by atoms with van der Waals surface area (Å²) in [6, 6.07) is 13.8. The molecule has 1 saturated heterocycles. The Labute approximate surface area is 174 Å². The molecule has 7 heteroatoms. The predicted molar refractivity (Wildman–Crippen MR) is 113 cm³/mol. The van der Waals surface area contributed by atoms with Gasteiger partial charge in [0.25, 0.3) is 0 Å². The van der Waals surface area contributed by atoms with Gasteiger partial charge in [-0.1, -0.05) is 29.8 Å². The summed E-state index contributed by atoms with van der Waals surface area (Å²) >= 11 is 6.06. The van der Waals surface area contributed by atoms with E-state index in [1.807, 2.05) is 53.1 Å². The fourth-order valence-corrected chi connectivity index (χ4v) is 3.92. The zero-order valence-corrected chi connectivity index (χ0v) is 16.8. The Bertz CT molecular complexity index is 1100. The highest BCUT2D eigenvalue weighted by Crippen LogP contribution is 2.19. The maximum Gasteiger partial charge on any atom is 0.226 e. The summed E-state index contributed by atoms with van der Waals surface area (Å²) in [6.07, 6.45) is 5.73. The molecule has 4 heterocycles. The molecule has 0 bridgehead atoms. The summed E-state index contributed by atoms with van der Waals surface area (Å²) in [5.41, 5.74) is 4.00. The lowest BCUT2D eigenvalue weighted by Gasteiger charge is -2.33. The minimum absolute atomic E-state index is 0.686. The molecular weight excluding hydrogens is 386 g/mol. The first-order valence-corrected chi connectivity index (χ1v) is 10.2. The lowest BCUT2D eigenvalue weighted by atomic mass is 10.2. The van der Waals surface area contributed by atoms with Gasteiger partial charge in [0.2, 0.25) is 5.89 Å². The van der Waals surface area contributed by atoms with E-state index >= 15 is 0 Å². The molecule has 0 unspecified atom stereocenters. The van der Waals surface area contributed by atoms with Crippen molar-refractivity contribution in [2.75, 3.05) is 26.2 Å². The van der Waals surface area contributed by atoms with Crippen LogP contribution in [0.25, 0.3) is 17.1 Å². The van der Waals surface area contributed by atoms with Crippen LogP contribution in [-0.4, -0.2) is 50.3 Å². The number of hydrogen-bond acceptors (Lipinski definition) is 5. The standard InChI is InChI=1S/C22H22ClN5O/c23-18-6-7-21-24-19(15-28(21)12-18)13-26-8-10-27(11-9-26)14-20-16-29-22(25-20)17-4-2-1-3-5-17/h1-7,12,15-16H,8-11,13-14H2. The number of imidazole rings is 1. The van der Waals surface area contributed by atoms with E-state index in [0.29, 0.717) is 5.89 Å². The van der Waals surface area contributed by atoms with Crippen LogP contribution in [0.5, 0.6) is 0 Å². The number of hydrogen-bond donors (Lipinski definition) is 0. The van der Waals surface area contributed by atoms with E-state index < -0.39 is 0 Å². The number of rotatable bonds is 5. The van der Waals surface area contributed by atoms with Gasteiger partial charge in [-0.3, -0.25) is 9.80 Å². The van der Waals surface area contributed by atoms with Crippen molar-refractivity contribution in [2.24, 2.45) is 0 Å². The number of halogens is 1. The van der Waals surface area contributed by atoms with E-state index in [2.05, 4.69) is 21.0 Å². The molecule has 0 saturated carbocycles. The Balaban J connectivity index is 1.16. The van der Waals surface area contributed by atoms with Gasteiger partial charge >= 0.3 is 0 Å². The van der Waals surface area contributed by atoms with Gasteiger partial charge in [-0.05, 0) is 24.3 Å². The third-order valence-electron chi connectivity index (χ3n) is 5.27. The molecule has 0 amide bonds. The van der Waals surface area contributed by atoms with Gasteiger partial charge in [-0.25, -0.2) is 9.97 Å². The smallest absolute Gasteiger partial charge is 0.226 e. The summed E-state index contributed by atoms with van der Waals surface area (Å²) in [5, 5.41) is 0.721. The molecular formula is C22H22ClN5O. The van der Waals surface area contributed by atoms with Crippen molar-refractivity contribution in [3.63, 3.8) is 0 Å². The third-order valence-corrected chi connectivity index (χ3v) is 5.50. The topological polar surface area (TPSA) is 49.8 Å². The molecule has 0 aliphatic carbocycles. The van der Waals surface area contributed by atoms with E-state index in [0.717, 1.165) is 66.9 Å². The molecule has 3 aromatic heterocycles. The fourth-order valence-electron chi connectivity index (χ4n) is 3.75. The molecule has 5 rings (SSSR count). The predicted octanol–water partition coefficient (Wildman–Crippen LogP) is 3.96. The lowest BCUT2D eigenvalue weighted by molar-refractivity contribution is 0.120. The van der Waals surface area contributed by atoms with E-state index in [9.17, 15) is 0 Å². The van der Waals surface area contributed by atoms with Crippen LogP contribution in [0, 0.1) is 0 Å². The Kier molecular flexibility index (Phi) is 5.06. The van der Waals surface area contributed by atoms with E-state index in [1.165, 1.54) is 0 Å². The number of piperazine rings is 1. The second-order valence-electron chi connectivity index (χ2n) is 7.41. The van der Waals surface area contributed by atoms with Crippen LogP contribution in [0.15, 0.2) is 65.5 Å². The van der Waals surface area contributed by atoms with Crippen LogP contribution in [0.1, 0.15) is 11.4 Å². The number of benzene rings is 1. The van der Waals surface area contributed by atoms with Crippen LogP contribution >= 0.6 is 11.6 Å². The van der Waals surface area contributed by atoms with Crippen molar-refractivity contribution >= 4 is 17.2 Å². The van der Waals surface area contributed by atoms with Crippen molar-refractivity contribution in [3.8, 4) is 11.5 Å². The summed E-state index contributed by atoms with van der Waals surface area (Å²) in [4.78, 5) is 14.2. The lowest BCUT2D eigenvalue weighted by Crippen LogP contribution is -2.45. The summed E-state index contributed by atoms with van der Waals surface area (Å²) in [6.45, 7) is 5.71. The van der Waals surface area contributed by atoms with Crippen molar-refractivity contribution < 1.29 is 4.42 Å². The van der Waals surface area contributed by atoms with Crippen LogP contribution in [0.4, 0.5) is 0 Å². The van der Waals surface area contributed by atoms with Crippen LogP contribution in [0.3, 0.4) is 0 Å². The quantitative estimate of drug-likeness (QED) is 0.501. The molecule has 1 aliphatic heterocycles. The second-order valence-corrected chi connectivity index (χ2v) is 7.84. The Morgan fingerprint density at radius 1 is 0.828 bits per heavy atom. The highest BCUT2D eigenvalue weighted by atomic mass is 35.5. The second kappa shape index (κ2) is 7.99. The van der Waals surface area contributed by atoms with Crippen molar-refractivity contribution in [2.45, 2.75) is 13.1 Å². The Morgan fingerprint density at radius 2 is 1.55 bits per heavy atom. The van der Waals surface area contributed by atoms with Gasteiger partial charge in [0, 0.05) is 57.2 Å². The minimum atomic E-state index is 0.686. The number of oxazole rings is 1. The first-order chi connectivity index (χ1) is 14.2. The average molecular weight is 408 g/mol. The molecule has 1 fully saturated rings. The first-order valence-electron chi connectivity index (χ1n) is 9.81. The molecule has 0 spiro atoms. The molecule has 0 radical (unpaired) electrons. The molecule has 6 nitrogen and oxygen atoms in total. The largest absolute Gasteiger partial charge is 0.444 e. The van der Waals surface area contributed by atoms with Crippen molar-refractivity contribution in [1.82, 2.24) is 24.2 Å². The van der Waals surface area contributed by atoms with Crippen LogP contribution in [0.2, 0.25) is 5.02 Å². The highest BCUT2D eigenvalue weighted by Gasteiger charge is 2.19. The Hall–Kier alpha value is -2.67. The zero-order valence-electron chi connectivity index (χ0n) is 16.0. The van der Waals surface area contributed by atoms with E-state index in [4.69, 9.17) is 21.0 Å². The summed E-state index contributed by atoms with van der Waals surface area (Å²) in [7, 11) is 0. The molecule has 29 heavy (non-hydrogen) atoms. The SMILES string of the molecule is Clc1ccc2nc(CN3CCN(Cc4coc(-c5ccccc5)n4)CC3)cn2c1. The van der Waals surface area contributed by atoms with Gasteiger partial charge in [0.1, 0.15) is 11.9 Å². The number of fused-ring (bicyclic) bond motifs is 1. The molecule has 0 N–H and O–H groups in total. The summed E-state index contributed by atoms with van der Waals surface area (Å²) < 4.78 is 7.65. The van der Waals surface area contributed by atoms with Crippen molar-refractivity contribution in [1.29, 1.82) is 0 Å². The van der Waals surface area contributed by atoms with Gasteiger partial charge in [-0.2, -0.15) is 0 Å². The highest BCUT2D eigenvalue weighted by molar-refractivity contribution is 6.30. The third kappa shape index (κ3) is 4.19. The fraction of sp³-hybridized carbons (Fsp3) is 0.273. The maximum atomic E-state index is 6.06. The Morgan fingerprint density at radius 3 is 2.31 bits per heavy atom. The number of nitrogens with zero attached hydrogens (tertiary/aromatic N) is 5. The minimum Gasteiger partial charge on any atom is -0.444 e. The van der Waals surface area contributed by atoms with Gasteiger partial charge in [0.15, 0.2) is 0 Å². The molecule has 1 aromatic carbocycles. The van der Waals surface area contributed by atoms with Crippen LogP contribution < -0.4 is 0 Å². The average Bonchev–Trinajstić information content (AvgIpc) is 3.36. The van der Waals surface area contributed by atoms with Crippen molar-refractivity contribution in [3.05, 3.63) is 77.5 Å². The summed E-state index contributed by atoms with van der Waals surface area (Å²) in [5.74, 6) is 0.686. The zero-order chi connectivity index (χ0) is 19.6. The molecule has 0 atom stereocenters. The first kappa shape index (κ1) is 18.4. The van der Waals surface area contributed by atoms with Gasteiger partial charge < -0.3 is 8.82 Å². The number of pyridine rings is 1. The van der Waals surface area contributed by atoms with E-state index in [1.54, 1.807) is 6.26 Å². The van der Waals surface area contributed by atoms with Gasteiger partial charge in [-0.15, -0.1) is 0 Å². The van der Waals surface area contributed by atoms with Crippen LogP contribution in [-0.2, 0) is 13.1 Å². The molecule has 4 aromatic rings. The molecule has 1 aliphatic rings. The van der Waals surface area contributed by atoms with E-state index in [-0.39, 0.29) is 0 Å². The molecule has 148 valence electrons. The number of aromatic nitrogens is 3. The normalized spacial score (nSPS) is 15.9. The van der Waals surface area contributed by atoms with Gasteiger partial charge in [0.05, 0.1) is 16.4 Å².